The molecule has 0 aliphatic heterocycles. The molecule has 0 heterocycles. The van der Waals surface area contributed by atoms with Crippen molar-refractivity contribution < 1.29 is 14.5 Å². The summed E-state index contributed by atoms with van der Waals surface area (Å²) in [6, 6.07) is 13.0. The van der Waals surface area contributed by atoms with E-state index in [0.717, 1.165) is 0 Å². The number of non-ortho nitro benzene ring substituents is 1. The molecule has 21 heavy (non-hydrogen) atoms. The molecule has 0 aromatic heterocycles. The molecule has 0 bridgehead atoms. The van der Waals surface area contributed by atoms with Gasteiger partial charge in [-0.2, -0.15) is 0 Å². The summed E-state index contributed by atoms with van der Waals surface area (Å²) in [5, 5.41) is 13.3. The zero-order valence-electron chi connectivity index (χ0n) is 10.8. The number of anilines is 1. The first-order valence-corrected chi connectivity index (χ1v) is 6.77. The molecule has 1 amide bonds. The lowest BCUT2D eigenvalue weighted by atomic mass is 10.3. The second kappa shape index (κ2) is 6.85. The third-order valence-electron chi connectivity index (χ3n) is 2.55. The van der Waals surface area contributed by atoms with E-state index in [1.807, 2.05) is 6.07 Å². The van der Waals surface area contributed by atoms with Crippen molar-refractivity contribution in [2.75, 3.05) is 11.9 Å². The number of ether oxygens (including phenoxy) is 1. The van der Waals surface area contributed by atoms with Gasteiger partial charge in [-0.15, -0.1) is 0 Å². The van der Waals surface area contributed by atoms with E-state index in [2.05, 4.69) is 21.2 Å². The maximum absolute atomic E-state index is 11.8. The van der Waals surface area contributed by atoms with E-state index >= 15 is 0 Å². The lowest BCUT2D eigenvalue weighted by Gasteiger charge is -2.08. The molecule has 0 aliphatic rings. The summed E-state index contributed by atoms with van der Waals surface area (Å²) in [5.74, 6) is 0.172. The molecule has 2 aromatic carbocycles. The third-order valence-corrected chi connectivity index (χ3v) is 3.24. The lowest BCUT2D eigenvalue weighted by Crippen LogP contribution is -2.20. The van der Waals surface area contributed by atoms with Gasteiger partial charge in [-0.1, -0.05) is 18.2 Å². The zero-order chi connectivity index (χ0) is 15.2. The van der Waals surface area contributed by atoms with Gasteiger partial charge in [0.05, 0.1) is 10.6 Å². The fraction of sp³-hybridized carbons (Fsp3) is 0.0714. The normalized spacial score (nSPS) is 9.95. The first-order valence-electron chi connectivity index (χ1n) is 5.98. The molecule has 0 unspecified atom stereocenters. The second-order valence-electron chi connectivity index (χ2n) is 4.07. The number of nitrogens with one attached hydrogen (secondary N) is 1. The molecule has 108 valence electrons. The third kappa shape index (κ3) is 4.28. The summed E-state index contributed by atoms with van der Waals surface area (Å²) in [4.78, 5) is 22.0. The average Bonchev–Trinajstić information content (AvgIpc) is 2.48. The fourth-order valence-corrected chi connectivity index (χ4v) is 1.92. The minimum atomic E-state index is -0.525. The second-order valence-corrected chi connectivity index (χ2v) is 4.93. The molecule has 0 radical (unpaired) electrons. The molecule has 7 heteroatoms. The summed E-state index contributed by atoms with van der Waals surface area (Å²) >= 11 is 3.23. The van der Waals surface area contributed by atoms with Gasteiger partial charge in [0.15, 0.2) is 6.61 Å². The van der Waals surface area contributed by atoms with E-state index in [0.29, 0.717) is 15.9 Å². The molecule has 0 saturated carbocycles. The van der Waals surface area contributed by atoms with Gasteiger partial charge in [0.2, 0.25) is 0 Å². The molecule has 0 fully saturated rings. The van der Waals surface area contributed by atoms with E-state index in [4.69, 9.17) is 4.74 Å². The van der Waals surface area contributed by atoms with Crippen LogP contribution in [0.2, 0.25) is 0 Å². The minimum Gasteiger partial charge on any atom is -0.484 e. The summed E-state index contributed by atoms with van der Waals surface area (Å²) < 4.78 is 5.85. The van der Waals surface area contributed by atoms with E-state index in [1.54, 1.807) is 24.3 Å². The Morgan fingerprint density at radius 1 is 1.24 bits per heavy atom. The Labute approximate surface area is 129 Å². The molecule has 2 aromatic rings. The van der Waals surface area contributed by atoms with Crippen LogP contribution in [0, 0.1) is 10.1 Å². The summed E-state index contributed by atoms with van der Waals surface area (Å²) in [6.45, 7) is -0.181. The molecule has 0 saturated heterocycles. The van der Waals surface area contributed by atoms with Crippen LogP contribution in [0.15, 0.2) is 53.0 Å². The smallest absolute Gasteiger partial charge is 0.271 e. The van der Waals surface area contributed by atoms with E-state index in [9.17, 15) is 14.9 Å². The Morgan fingerprint density at radius 2 is 1.95 bits per heavy atom. The Bertz CT molecular complexity index is 661. The van der Waals surface area contributed by atoms with Crippen LogP contribution in [0.5, 0.6) is 5.75 Å². The topological polar surface area (TPSA) is 81.5 Å². The van der Waals surface area contributed by atoms with E-state index < -0.39 is 10.8 Å². The van der Waals surface area contributed by atoms with Crippen molar-refractivity contribution in [1.82, 2.24) is 0 Å². The fourth-order valence-electron chi connectivity index (χ4n) is 1.57. The number of nitrogens with zero attached hydrogens (tertiary/aromatic N) is 1. The predicted octanol–water partition coefficient (Wildman–Crippen LogP) is 3.37. The van der Waals surface area contributed by atoms with Crippen molar-refractivity contribution in [3.05, 3.63) is 63.1 Å². The number of rotatable bonds is 5. The molecule has 2 rings (SSSR count). The summed E-state index contributed by atoms with van der Waals surface area (Å²) in [5.41, 5.74) is 0.225. The van der Waals surface area contributed by atoms with Gasteiger partial charge in [0, 0.05) is 16.6 Å². The predicted molar refractivity (Wildman–Crippen MR) is 81.4 cm³/mol. The van der Waals surface area contributed by atoms with Crippen molar-refractivity contribution in [1.29, 1.82) is 0 Å². The summed E-state index contributed by atoms with van der Waals surface area (Å²) in [6.07, 6.45) is 0. The molecule has 6 nitrogen and oxygen atoms in total. The maximum Gasteiger partial charge on any atom is 0.271 e. The van der Waals surface area contributed by atoms with Crippen LogP contribution >= 0.6 is 15.9 Å². The van der Waals surface area contributed by atoms with Crippen LogP contribution in [-0.2, 0) is 4.79 Å². The molecule has 0 spiro atoms. The highest BCUT2D eigenvalue weighted by atomic mass is 79.9. The van der Waals surface area contributed by atoms with E-state index in [1.165, 1.54) is 18.2 Å². The highest BCUT2D eigenvalue weighted by Crippen LogP contribution is 2.27. The van der Waals surface area contributed by atoms with Crippen LogP contribution < -0.4 is 10.1 Å². The van der Waals surface area contributed by atoms with Crippen molar-refractivity contribution in [2.24, 2.45) is 0 Å². The Morgan fingerprint density at radius 3 is 2.62 bits per heavy atom. The number of hydrogen-bond acceptors (Lipinski definition) is 4. The van der Waals surface area contributed by atoms with Crippen LogP contribution in [0.1, 0.15) is 0 Å². The molecule has 1 N–H and O–H groups in total. The number of halogens is 1. The summed E-state index contributed by atoms with van der Waals surface area (Å²) in [7, 11) is 0. The van der Waals surface area contributed by atoms with Crippen LogP contribution in [0.3, 0.4) is 0 Å². The number of nitro benzene ring substituents is 1. The van der Waals surface area contributed by atoms with Gasteiger partial charge >= 0.3 is 0 Å². The Kier molecular flexibility index (Phi) is 4.89. The minimum absolute atomic E-state index is 0.0996. The lowest BCUT2D eigenvalue weighted by molar-refractivity contribution is -0.384. The van der Waals surface area contributed by atoms with Crippen LogP contribution in [0.4, 0.5) is 11.4 Å². The number of benzene rings is 2. The van der Waals surface area contributed by atoms with Crippen molar-refractivity contribution in [3.63, 3.8) is 0 Å². The SMILES string of the molecule is O=C(COc1ccccc1)Nc1cc([N+](=O)[O-])ccc1Br. The number of amides is 1. The van der Waals surface area contributed by atoms with Crippen molar-refractivity contribution in [2.45, 2.75) is 0 Å². The number of carbonyl (C=O) groups excluding carboxylic acids is 1. The molecular weight excluding hydrogens is 340 g/mol. The van der Waals surface area contributed by atoms with E-state index in [-0.39, 0.29) is 12.3 Å². The molecule has 0 atom stereocenters. The number of carbonyl (C=O) groups is 1. The first-order chi connectivity index (χ1) is 10.1. The van der Waals surface area contributed by atoms with Crippen LogP contribution in [0.25, 0.3) is 0 Å². The molecule has 0 aliphatic carbocycles. The highest BCUT2D eigenvalue weighted by Gasteiger charge is 2.12. The largest absolute Gasteiger partial charge is 0.484 e. The standard InChI is InChI=1S/C14H11BrN2O4/c15-12-7-6-10(17(19)20)8-13(12)16-14(18)9-21-11-4-2-1-3-5-11/h1-8H,9H2,(H,16,18). The Hall–Kier alpha value is -2.41. The quantitative estimate of drug-likeness (QED) is 0.661. The monoisotopic (exact) mass is 350 g/mol. The van der Waals surface area contributed by atoms with Gasteiger partial charge in [-0.25, -0.2) is 0 Å². The van der Waals surface area contributed by atoms with Crippen molar-refractivity contribution >= 4 is 33.2 Å². The first kappa shape index (κ1) is 15.0. The van der Waals surface area contributed by atoms with Gasteiger partial charge in [0.1, 0.15) is 5.75 Å². The number of para-hydroxylation sites is 1. The highest BCUT2D eigenvalue weighted by molar-refractivity contribution is 9.10. The van der Waals surface area contributed by atoms with Crippen molar-refractivity contribution in [3.8, 4) is 5.75 Å². The zero-order valence-corrected chi connectivity index (χ0v) is 12.4. The van der Waals surface area contributed by atoms with Crippen LogP contribution in [-0.4, -0.2) is 17.4 Å². The van der Waals surface area contributed by atoms with Gasteiger partial charge in [0.25, 0.3) is 11.6 Å². The average molecular weight is 351 g/mol. The van der Waals surface area contributed by atoms with Gasteiger partial charge in [-0.3, -0.25) is 14.9 Å². The molecular formula is C14H11BrN2O4. The van der Waals surface area contributed by atoms with Gasteiger partial charge < -0.3 is 10.1 Å². The maximum atomic E-state index is 11.8. The Balaban J connectivity index is 1.99. The van der Waals surface area contributed by atoms with Gasteiger partial charge in [-0.05, 0) is 34.1 Å². The number of nitro groups is 1. The number of hydrogen-bond donors (Lipinski definition) is 1.